The van der Waals surface area contributed by atoms with Gasteiger partial charge in [-0.05, 0) is 38.0 Å². The van der Waals surface area contributed by atoms with Crippen LogP contribution in [0.15, 0.2) is 24.3 Å². The van der Waals surface area contributed by atoms with Gasteiger partial charge in [0.1, 0.15) is 5.75 Å². The average Bonchev–Trinajstić information content (AvgIpc) is 3.07. The molecule has 1 fully saturated rings. The molecule has 18 heavy (non-hydrogen) atoms. The highest BCUT2D eigenvalue weighted by Crippen LogP contribution is 2.33. The summed E-state index contributed by atoms with van der Waals surface area (Å²) in [6.45, 7) is 4.59. The molecule has 4 heteroatoms. The summed E-state index contributed by atoms with van der Waals surface area (Å²) in [6, 6.07) is 7.04. The summed E-state index contributed by atoms with van der Waals surface area (Å²) < 4.78 is 0. The van der Waals surface area contributed by atoms with Crippen molar-refractivity contribution in [3.63, 3.8) is 0 Å². The van der Waals surface area contributed by atoms with Gasteiger partial charge in [-0.1, -0.05) is 12.1 Å². The van der Waals surface area contributed by atoms with E-state index in [4.69, 9.17) is 5.73 Å². The van der Waals surface area contributed by atoms with E-state index in [-0.39, 0.29) is 29.7 Å². The SMILES string of the molecule is CCN(C(=O)C1CC1N)C(C)c1cccc(O)c1. The highest BCUT2D eigenvalue weighted by molar-refractivity contribution is 5.82. The predicted octanol–water partition coefficient (Wildman–Crippen LogP) is 1.65. The van der Waals surface area contributed by atoms with Crippen molar-refractivity contribution in [1.29, 1.82) is 0 Å². The van der Waals surface area contributed by atoms with Crippen LogP contribution in [0, 0.1) is 5.92 Å². The van der Waals surface area contributed by atoms with Crippen LogP contribution >= 0.6 is 0 Å². The Balaban J connectivity index is 2.14. The van der Waals surface area contributed by atoms with Gasteiger partial charge in [0.25, 0.3) is 0 Å². The number of carbonyl (C=O) groups is 1. The number of phenolic OH excluding ortho intramolecular Hbond substituents is 1. The molecule has 0 bridgehead atoms. The van der Waals surface area contributed by atoms with Gasteiger partial charge in [-0.2, -0.15) is 0 Å². The van der Waals surface area contributed by atoms with Crippen molar-refractivity contribution < 1.29 is 9.90 Å². The van der Waals surface area contributed by atoms with E-state index in [2.05, 4.69) is 0 Å². The van der Waals surface area contributed by atoms with E-state index < -0.39 is 0 Å². The Kier molecular flexibility index (Phi) is 3.57. The standard InChI is InChI=1S/C14H20N2O2/c1-3-16(14(18)12-8-13(12)15)9(2)10-5-4-6-11(17)7-10/h4-7,9,12-13,17H,3,8,15H2,1-2H3. The molecule has 1 aliphatic carbocycles. The molecule has 0 aromatic heterocycles. The molecule has 1 amide bonds. The maximum atomic E-state index is 12.2. The van der Waals surface area contributed by atoms with Gasteiger partial charge in [0.2, 0.25) is 5.91 Å². The van der Waals surface area contributed by atoms with Crippen LogP contribution < -0.4 is 5.73 Å². The van der Waals surface area contributed by atoms with Gasteiger partial charge in [-0.15, -0.1) is 0 Å². The van der Waals surface area contributed by atoms with Crippen LogP contribution in [-0.4, -0.2) is 28.5 Å². The first kappa shape index (κ1) is 12.9. The second-order valence-electron chi connectivity index (χ2n) is 4.90. The van der Waals surface area contributed by atoms with Crippen LogP contribution in [0.5, 0.6) is 5.75 Å². The first-order valence-electron chi connectivity index (χ1n) is 6.39. The lowest BCUT2D eigenvalue weighted by Crippen LogP contribution is -2.35. The molecule has 1 aromatic carbocycles. The molecule has 1 saturated carbocycles. The Morgan fingerprint density at radius 1 is 1.61 bits per heavy atom. The van der Waals surface area contributed by atoms with E-state index in [9.17, 15) is 9.90 Å². The number of carbonyl (C=O) groups excluding carboxylic acids is 1. The summed E-state index contributed by atoms with van der Waals surface area (Å²) >= 11 is 0. The fraction of sp³-hybridized carbons (Fsp3) is 0.500. The Bertz CT molecular complexity index is 447. The molecule has 3 N–H and O–H groups in total. The van der Waals surface area contributed by atoms with Gasteiger partial charge in [0.05, 0.1) is 12.0 Å². The molecule has 0 spiro atoms. The maximum Gasteiger partial charge on any atom is 0.227 e. The molecule has 0 heterocycles. The quantitative estimate of drug-likeness (QED) is 0.851. The number of amides is 1. The number of hydrogen-bond acceptors (Lipinski definition) is 3. The molecule has 4 nitrogen and oxygen atoms in total. The minimum atomic E-state index is -0.0394. The van der Waals surface area contributed by atoms with E-state index in [0.717, 1.165) is 12.0 Å². The van der Waals surface area contributed by atoms with Gasteiger partial charge >= 0.3 is 0 Å². The second kappa shape index (κ2) is 4.98. The Hall–Kier alpha value is -1.55. The summed E-state index contributed by atoms with van der Waals surface area (Å²) in [5.41, 5.74) is 6.68. The Morgan fingerprint density at radius 2 is 2.28 bits per heavy atom. The molecule has 3 atom stereocenters. The van der Waals surface area contributed by atoms with Crippen molar-refractivity contribution in [2.45, 2.75) is 32.4 Å². The van der Waals surface area contributed by atoms with Gasteiger partial charge in [-0.3, -0.25) is 4.79 Å². The molecule has 2 rings (SSSR count). The minimum Gasteiger partial charge on any atom is -0.508 e. The van der Waals surface area contributed by atoms with Crippen molar-refractivity contribution in [1.82, 2.24) is 4.90 Å². The van der Waals surface area contributed by atoms with Crippen LogP contribution in [-0.2, 0) is 4.79 Å². The lowest BCUT2D eigenvalue weighted by Gasteiger charge is -2.28. The van der Waals surface area contributed by atoms with Crippen LogP contribution in [0.4, 0.5) is 0 Å². The zero-order valence-corrected chi connectivity index (χ0v) is 10.8. The number of nitrogens with zero attached hydrogens (tertiary/aromatic N) is 1. The number of nitrogens with two attached hydrogens (primary N) is 1. The molecule has 3 unspecified atom stereocenters. The number of hydrogen-bond donors (Lipinski definition) is 2. The lowest BCUT2D eigenvalue weighted by molar-refractivity contribution is -0.134. The number of aromatic hydroxyl groups is 1. The molecule has 0 radical (unpaired) electrons. The smallest absolute Gasteiger partial charge is 0.227 e. The third kappa shape index (κ3) is 2.48. The highest BCUT2D eigenvalue weighted by atomic mass is 16.3. The largest absolute Gasteiger partial charge is 0.508 e. The molecule has 0 saturated heterocycles. The summed E-state index contributed by atoms with van der Waals surface area (Å²) in [4.78, 5) is 14.1. The van der Waals surface area contributed by atoms with Gasteiger partial charge < -0.3 is 15.7 Å². The average molecular weight is 248 g/mol. The van der Waals surface area contributed by atoms with Crippen molar-refractivity contribution in [3.05, 3.63) is 29.8 Å². The van der Waals surface area contributed by atoms with Gasteiger partial charge in [0.15, 0.2) is 0 Å². The molecule has 1 aromatic rings. The normalized spacial score (nSPS) is 23.5. The second-order valence-corrected chi connectivity index (χ2v) is 4.90. The van der Waals surface area contributed by atoms with Crippen LogP contribution in [0.2, 0.25) is 0 Å². The number of benzene rings is 1. The minimum absolute atomic E-state index is 0.00953. The first-order chi connectivity index (χ1) is 8.54. The monoisotopic (exact) mass is 248 g/mol. The fourth-order valence-corrected chi connectivity index (χ4v) is 2.30. The summed E-state index contributed by atoms with van der Waals surface area (Å²) in [6.07, 6.45) is 0.794. The molecular formula is C14H20N2O2. The predicted molar refractivity (Wildman–Crippen MR) is 70.0 cm³/mol. The van der Waals surface area contributed by atoms with E-state index in [1.165, 1.54) is 0 Å². The number of phenols is 1. The lowest BCUT2D eigenvalue weighted by atomic mass is 10.1. The summed E-state index contributed by atoms with van der Waals surface area (Å²) in [5.74, 6) is 0.344. The third-order valence-electron chi connectivity index (χ3n) is 3.60. The Labute approximate surface area is 107 Å². The van der Waals surface area contributed by atoms with Crippen LogP contribution in [0.1, 0.15) is 31.9 Å². The van der Waals surface area contributed by atoms with E-state index in [1.54, 1.807) is 18.2 Å². The van der Waals surface area contributed by atoms with Crippen LogP contribution in [0.25, 0.3) is 0 Å². The van der Waals surface area contributed by atoms with Crippen molar-refractivity contribution >= 4 is 5.91 Å². The summed E-state index contributed by atoms with van der Waals surface area (Å²) in [5, 5.41) is 9.50. The number of rotatable bonds is 4. The van der Waals surface area contributed by atoms with Crippen molar-refractivity contribution in [2.75, 3.05) is 6.54 Å². The zero-order chi connectivity index (χ0) is 13.3. The molecule has 98 valence electrons. The van der Waals surface area contributed by atoms with Crippen molar-refractivity contribution in [2.24, 2.45) is 11.7 Å². The summed E-state index contributed by atoms with van der Waals surface area (Å²) in [7, 11) is 0. The van der Waals surface area contributed by atoms with Gasteiger partial charge in [-0.25, -0.2) is 0 Å². The van der Waals surface area contributed by atoms with E-state index in [0.29, 0.717) is 6.54 Å². The van der Waals surface area contributed by atoms with Gasteiger partial charge in [0, 0.05) is 12.6 Å². The highest BCUT2D eigenvalue weighted by Gasteiger charge is 2.43. The molecular weight excluding hydrogens is 228 g/mol. The fourth-order valence-electron chi connectivity index (χ4n) is 2.30. The first-order valence-corrected chi connectivity index (χ1v) is 6.39. The zero-order valence-electron chi connectivity index (χ0n) is 10.8. The molecule has 1 aliphatic rings. The maximum absolute atomic E-state index is 12.2. The topological polar surface area (TPSA) is 66.6 Å². The van der Waals surface area contributed by atoms with E-state index >= 15 is 0 Å². The van der Waals surface area contributed by atoms with E-state index in [1.807, 2.05) is 24.8 Å². The van der Waals surface area contributed by atoms with Crippen LogP contribution in [0.3, 0.4) is 0 Å². The Morgan fingerprint density at radius 3 is 2.78 bits per heavy atom. The van der Waals surface area contributed by atoms with Crippen molar-refractivity contribution in [3.8, 4) is 5.75 Å². The third-order valence-corrected chi connectivity index (χ3v) is 3.60. The molecule has 0 aliphatic heterocycles.